The standard InChI is InChI=1S/C15H25NO7/c1-4-21-15(18)11-5-16(6-12(11)17)7-13(22-9-19-2)14(8-16)23-10-20-3/h13-14H,4-10H2,1-3H3/p+1/t13-,14-/m0/s1. The molecule has 0 bridgehead atoms. The summed E-state index contributed by atoms with van der Waals surface area (Å²) in [6, 6.07) is 0. The van der Waals surface area contributed by atoms with E-state index in [4.69, 9.17) is 23.7 Å². The molecule has 0 aromatic heterocycles. The van der Waals surface area contributed by atoms with Crippen LogP contribution in [0.2, 0.25) is 0 Å². The van der Waals surface area contributed by atoms with Crippen molar-refractivity contribution in [2.24, 2.45) is 0 Å². The fourth-order valence-corrected chi connectivity index (χ4v) is 3.26. The zero-order valence-corrected chi connectivity index (χ0v) is 13.9. The molecule has 2 aliphatic heterocycles. The number of esters is 1. The fraction of sp³-hybridized carbons (Fsp3) is 0.800. The Kier molecular flexibility index (Phi) is 6.37. The smallest absolute Gasteiger partial charge is 0.343 e. The van der Waals surface area contributed by atoms with E-state index in [1.54, 1.807) is 21.1 Å². The second-order valence-electron chi connectivity index (χ2n) is 5.89. The quantitative estimate of drug-likeness (QED) is 0.386. The average Bonchev–Trinajstić information content (AvgIpc) is 3.03. The van der Waals surface area contributed by atoms with Crippen molar-refractivity contribution in [2.45, 2.75) is 19.1 Å². The minimum atomic E-state index is -0.449. The van der Waals surface area contributed by atoms with Crippen LogP contribution in [0.15, 0.2) is 11.3 Å². The van der Waals surface area contributed by atoms with Crippen LogP contribution >= 0.6 is 0 Å². The van der Waals surface area contributed by atoms with Crippen LogP contribution in [0.4, 0.5) is 0 Å². The topological polar surface area (TPSA) is 83.5 Å². The van der Waals surface area contributed by atoms with E-state index < -0.39 is 5.97 Å². The predicted octanol–water partition coefficient (Wildman–Crippen LogP) is 0.184. The van der Waals surface area contributed by atoms with Gasteiger partial charge >= 0.3 is 5.97 Å². The van der Waals surface area contributed by atoms with Gasteiger partial charge in [-0.3, -0.25) is 0 Å². The molecule has 0 aliphatic carbocycles. The molecule has 1 fully saturated rings. The lowest BCUT2D eigenvalue weighted by atomic mass is 10.2. The number of aliphatic hydroxyl groups is 1. The third kappa shape index (κ3) is 4.21. The second kappa shape index (κ2) is 8.07. The van der Waals surface area contributed by atoms with Crippen molar-refractivity contribution in [3.8, 4) is 0 Å². The Morgan fingerprint density at radius 2 is 1.70 bits per heavy atom. The number of methoxy groups -OCH3 is 2. The number of rotatable bonds is 8. The van der Waals surface area contributed by atoms with Gasteiger partial charge in [-0.05, 0) is 6.92 Å². The summed E-state index contributed by atoms with van der Waals surface area (Å²) >= 11 is 0. The molecule has 0 aromatic carbocycles. The van der Waals surface area contributed by atoms with E-state index in [9.17, 15) is 9.90 Å². The first-order chi connectivity index (χ1) is 11.0. The van der Waals surface area contributed by atoms with Crippen molar-refractivity contribution in [2.75, 3.05) is 60.6 Å². The summed E-state index contributed by atoms with van der Waals surface area (Å²) in [5.41, 5.74) is 0.352. The van der Waals surface area contributed by atoms with E-state index in [0.717, 1.165) is 0 Å². The Hall–Kier alpha value is -1.19. The minimum absolute atomic E-state index is 0.0985. The summed E-state index contributed by atoms with van der Waals surface area (Å²) < 4.78 is 26.9. The SMILES string of the molecule is CCOC(=O)C1=C(O)C[N+]2(C1)C[C@H](OCOC)[C@@H](OCOC)C2. The summed E-state index contributed by atoms with van der Waals surface area (Å²) in [6.07, 6.45) is -0.362. The molecular weight excluding hydrogens is 306 g/mol. The molecule has 1 N–H and O–H groups in total. The number of carbonyl (C=O) groups is 1. The second-order valence-corrected chi connectivity index (χ2v) is 5.89. The average molecular weight is 332 g/mol. The van der Waals surface area contributed by atoms with E-state index in [-0.39, 0.29) is 38.2 Å². The summed E-state index contributed by atoms with van der Waals surface area (Å²) in [5.74, 6) is -0.350. The number of aliphatic hydroxyl groups excluding tert-OH is 1. The monoisotopic (exact) mass is 332 g/mol. The zero-order chi connectivity index (χ0) is 16.9. The van der Waals surface area contributed by atoms with Gasteiger partial charge in [-0.25, -0.2) is 4.79 Å². The number of hydrogen-bond donors (Lipinski definition) is 1. The number of carbonyl (C=O) groups excluding carboxylic acids is 1. The number of quaternary nitrogens is 1. The lowest BCUT2D eigenvalue weighted by molar-refractivity contribution is -0.905. The van der Waals surface area contributed by atoms with Gasteiger partial charge in [0.1, 0.15) is 57.5 Å². The molecule has 1 saturated heterocycles. The van der Waals surface area contributed by atoms with E-state index in [1.165, 1.54) is 0 Å². The van der Waals surface area contributed by atoms with Crippen molar-refractivity contribution in [1.29, 1.82) is 0 Å². The van der Waals surface area contributed by atoms with Crippen LogP contribution in [0.3, 0.4) is 0 Å². The van der Waals surface area contributed by atoms with Gasteiger partial charge < -0.3 is 33.3 Å². The number of hydrogen-bond acceptors (Lipinski definition) is 7. The lowest BCUT2D eigenvalue weighted by Crippen LogP contribution is -2.46. The van der Waals surface area contributed by atoms with Crippen LogP contribution in [0.5, 0.6) is 0 Å². The Morgan fingerprint density at radius 1 is 1.13 bits per heavy atom. The van der Waals surface area contributed by atoms with Gasteiger partial charge in [-0.2, -0.15) is 0 Å². The van der Waals surface area contributed by atoms with Crippen molar-refractivity contribution >= 4 is 5.97 Å². The van der Waals surface area contributed by atoms with Crippen LogP contribution in [0.1, 0.15) is 6.92 Å². The molecule has 0 amide bonds. The largest absolute Gasteiger partial charge is 0.506 e. The maximum absolute atomic E-state index is 12.0. The molecule has 2 heterocycles. The normalized spacial score (nSPS) is 26.2. The third-order valence-corrected chi connectivity index (χ3v) is 4.20. The zero-order valence-electron chi connectivity index (χ0n) is 13.9. The molecule has 2 rings (SSSR count). The molecule has 0 aromatic rings. The molecule has 2 aliphatic rings. The molecule has 23 heavy (non-hydrogen) atoms. The van der Waals surface area contributed by atoms with E-state index in [1.807, 2.05) is 0 Å². The molecule has 0 saturated carbocycles. The van der Waals surface area contributed by atoms with E-state index in [0.29, 0.717) is 36.2 Å². The summed E-state index contributed by atoms with van der Waals surface area (Å²) in [4.78, 5) is 12.0. The highest BCUT2D eigenvalue weighted by Crippen LogP contribution is 2.33. The van der Waals surface area contributed by atoms with Gasteiger partial charge in [-0.1, -0.05) is 0 Å². The highest BCUT2D eigenvalue weighted by Gasteiger charge is 2.52. The minimum Gasteiger partial charge on any atom is -0.506 e. The van der Waals surface area contributed by atoms with Gasteiger partial charge in [0.15, 0.2) is 5.76 Å². The fourth-order valence-electron chi connectivity index (χ4n) is 3.26. The van der Waals surface area contributed by atoms with Gasteiger partial charge in [0.2, 0.25) is 0 Å². The molecule has 0 radical (unpaired) electrons. The van der Waals surface area contributed by atoms with Crippen molar-refractivity contribution in [3.63, 3.8) is 0 Å². The van der Waals surface area contributed by atoms with E-state index in [2.05, 4.69) is 0 Å². The van der Waals surface area contributed by atoms with Crippen LogP contribution in [0.25, 0.3) is 0 Å². The summed E-state index contributed by atoms with van der Waals surface area (Å²) in [6.45, 7) is 4.43. The van der Waals surface area contributed by atoms with Gasteiger partial charge in [-0.15, -0.1) is 0 Å². The molecule has 1 spiro atoms. The van der Waals surface area contributed by atoms with Crippen LogP contribution in [-0.2, 0) is 28.5 Å². The molecule has 2 atom stereocenters. The van der Waals surface area contributed by atoms with Crippen molar-refractivity contribution in [1.82, 2.24) is 0 Å². The van der Waals surface area contributed by atoms with E-state index >= 15 is 0 Å². The molecular formula is C15H26NO7+. The van der Waals surface area contributed by atoms with Gasteiger partial charge in [0, 0.05) is 14.2 Å². The van der Waals surface area contributed by atoms with Crippen molar-refractivity contribution < 1.29 is 38.1 Å². The Labute approximate surface area is 136 Å². The summed E-state index contributed by atoms with van der Waals surface area (Å²) in [5, 5.41) is 10.2. The maximum atomic E-state index is 12.0. The third-order valence-electron chi connectivity index (χ3n) is 4.20. The van der Waals surface area contributed by atoms with Crippen LogP contribution in [0, 0.1) is 0 Å². The van der Waals surface area contributed by atoms with Gasteiger partial charge in [0.05, 0.1) is 6.61 Å². The van der Waals surface area contributed by atoms with Crippen LogP contribution in [-0.4, -0.2) is 88.4 Å². The lowest BCUT2D eigenvalue weighted by Gasteiger charge is -2.28. The Bertz CT molecular complexity index is 435. The number of nitrogens with zero attached hydrogens (tertiary/aromatic N) is 1. The number of ether oxygens (including phenoxy) is 5. The predicted molar refractivity (Wildman–Crippen MR) is 79.5 cm³/mol. The highest BCUT2D eigenvalue weighted by atomic mass is 16.7. The molecule has 8 heteroatoms. The molecule has 8 nitrogen and oxygen atoms in total. The Morgan fingerprint density at radius 3 is 2.17 bits per heavy atom. The van der Waals surface area contributed by atoms with Crippen LogP contribution < -0.4 is 0 Å². The Balaban J connectivity index is 2.04. The highest BCUT2D eigenvalue weighted by molar-refractivity contribution is 5.89. The first-order valence-corrected chi connectivity index (χ1v) is 7.69. The summed E-state index contributed by atoms with van der Waals surface area (Å²) in [7, 11) is 3.12. The maximum Gasteiger partial charge on any atom is 0.343 e. The first kappa shape index (κ1) is 18.2. The van der Waals surface area contributed by atoms with Gasteiger partial charge in [0.25, 0.3) is 0 Å². The molecule has 0 unspecified atom stereocenters. The molecule has 132 valence electrons. The first-order valence-electron chi connectivity index (χ1n) is 7.69. The van der Waals surface area contributed by atoms with Crippen molar-refractivity contribution in [3.05, 3.63) is 11.3 Å².